The summed E-state index contributed by atoms with van der Waals surface area (Å²) in [5, 5.41) is 5.76. The molecule has 0 fully saturated rings. The average Bonchev–Trinajstić information content (AvgIpc) is 3.11. The number of hydrogen-bond donors (Lipinski definition) is 2. The monoisotopic (exact) mass is 395 g/mol. The van der Waals surface area contributed by atoms with E-state index in [4.69, 9.17) is 0 Å². The van der Waals surface area contributed by atoms with Crippen LogP contribution in [0.15, 0.2) is 16.2 Å². The molecule has 0 saturated carbocycles. The third kappa shape index (κ3) is 3.34. The molecule has 3 aromatic rings. The minimum absolute atomic E-state index is 0.00325. The minimum atomic E-state index is -4.81. The summed E-state index contributed by atoms with van der Waals surface area (Å²) in [6, 6.07) is 0.800. The molecule has 0 atom stereocenters. The lowest BCUT2D eigenvalue weighted by molar-refractivity contribution is -0.141. The van der Waals surface area contributed by atoms with E-state index in [2.05, 4.69) is 25.1 Å². The van der Waals surface area contributed by atoms with Gasteiger partial charge in [0.1, 0.15) is 0 Å². The first-order chi connectivity index (χ1) is 12.0. The van der Waals surface area contributed by atoms with Crippen molar-refractivity contribution in [3.63, 3.8) is 0 Å². The topological polar surface area (TPSA) is 87.3 Å². The van der Waals surface area contributed by atoms with Crippen molar-refractivity contribution in [3.8, 4) is 22.1 Å². The predicted molar refractivity (Wildman–Crippen MR) is 78.3 cm³/mol. The number of aromatic nitrogens is 5. The van der Waals surface area contributed by atoms with Crippen LogP contribution in [0.3, 0.4) is 0 Å². The molecule has 0 aliphatic rings. The molecule has 3 heterocycles. The lowest BCUT2D eigenvalue weighted by atomic mass is 10.1. The number of rotatable bonds is 2. The first-order valence-corrected chi connectivity index (χ1v) is 7.62. The Hall–Kier alpha value is -2.70. The summed E-state index contributed by atoms with van der Waals surface area (Å²) in [5.41, 5.74) is -4.17. The van der Waals surface area contributed by atoms with E-state index in [0.29, 0.717) is 16.7 Å². The van der Waals surface area contributed by atoms with Gasteiger partial charge in [-0.25, -0.2) is 9.97 Å². The van der Waals surface area contributed by atoms with Gasteiger partial charge >= 0.3 is 12.4 Å². The molecule has 0 bridgehead atoms. The highest BCUT2D eigenvalue weighted by molar-refractivity contribution is 7.13. The van der Waals surface area contributed by atoms with E-state index >= 15 is 0 Å². The van der Waals surface area contributed by atoms with Crippen molar-refractivity contribution in [2.24, 2.45) is 0 Å². The summed E-state index contributed by atoms with van der Waals surface area (Å²) >= 11 is 0.549. The number of hydrogen-bond acceptors (Lipinski definition) is 5. The summed E-state index contributed by atoms with van der Waals surface area (Å²) in [4.78, 5) is 21.1. The van der Waals surface area contributed by atoms with Crippen LogP contribution in [0, 0.1) is 6.92 Å². The van der Waals surface area contributed by atoms with Crippen molar-refractivity contribution in [2.45, 2.75) is 19.3 Å². The Kier molecular flexibility index (Phi) is 4.13. The van der Waals surface area contributed by atoms with Crippen LogP contribution >= 0.6 is 11.3 Å². The lowest BCUT2D eigenvalue weighted by Crippen LogP contribution is -2.12. The van der Waals surface area contributed by atoms with E-state index in [-0.39, 0.29) is 22.2 Å². The lowest BCUT2D eigenvalue weighted by Gasteiger charge is -2.07. The summed E-state index contributed by atoms with van der Waals surface area (Å²) in [6.07, 6.45) is -9.51. The van der Waals surface area contributed by atoms with Crippen molar-refractivity contribution in [2.75, 3.05) is 0 Å². The van der Waals surface area contributed by atoms with Gasteiger partial charge in [0.25, 0.3) is 5.56 Å². The molecule has 13 heteroatoms. The summed E-state index contributed by atoms with van der Waals surface area (Å²) in [6.45, 7) is 1.30. The van der Waals surface area contributed by atoms with Crippen LogP contribution in [-0.4, -0.2) is 25.1 Å². The molecule has 0 unspecified atom stereocenters. The molecular formula is C13H7F6N5OS. The number of nitrogens with one attached hydrogen (secondary N) is 2. The molecule has 0 aliphatic carbocycles. The first-order valence-electron chi connectivity index (χ1n) is 6.74. The van der Waals surface area contributed by atoms with Crippen LogP contribution in [0.4, 0.5) is 26.3 Å². The molecule has 0 aromatic carbocycles. The van der Waals surface area contributed by atoms with Crippen LogP contribution in [0.25, 0.3) is 22.1 Å². The summed E-state index contributed by atoms with van der Waals surface area (Å²) in [7, 11) is 0. The Morgan fingerprint density at radius 2 is 1.77 bits per heavy atom. The fourth-order valence-electron chi connectivity index (χ4n) is 2.15. The number of thiazole rings is 1. The maximum absolute atomic E-state index is 13.1. The van der Waals surface area contributed by atoms with Crippen molar-refractivity contribution >= 4 is 11.3 Å². The van der Waals surface area contributed by atoms with Crippen molar-refractivity contribution in [3.05, 3.63) is 38.9 Å². The highest BCUT2D eigenvalue weighted by atomic mass is 32.1. The molecule has 6 nitrogen and oxygen atoms in total. The van der Waals surface area contributed by atoms with Gasteiger partial charge in [-0.2, -0.15) is 31.4 Å². The zero-order valence-corrected chi connectivity index (χ0v) is 13.4. The Morgan fingerprint density at radius 1 is 1.08 bits per heavy atom. The molecule has 138 valence electrons. The number of nitrogens with zero attached hydrogens (tertiary/aromatic N) is 3. The number of aromatic amines is 2. The van der Waals surface area contributed by atoms with Gasteiger partial charge in [-0.15, -0.1) is 11.3 Å². The second-order valence-corrected chi connectivity index (χ2v) is 5.94. The predicted octanol–water partition coefficient (Wildman–Crippen LogP) is 3.63. The molecule has 0 amide bonds. The quantitative estimate of drug-likeness (QED) is 0.649. The molecule has 0 spiro atoms. The molecule has 0 aliphatic heterocycles. The van der Waals surface area contributed by atoms with Crippen molar-refractivity contribution < 1.29 is 26.3 Å². The summed E-state index contributed by atoms with van der Waals surface area (Å²) in [5.74, 6) is -0.373. The molecule has 3 aromatic heterocycles. The SMILES string of the molecule is Cc1[nH]nc(C(F)(F)F)c1-c1cc(=O)[nH]c(-c2nc(C(F)(F)F)cs2)n1. The van der Waals surface area contributed by atoms with Crippen LogP contribution in [-0.2, 0) is 12.4 Å². The zero-order chi connectivity index (χ0) is 19.3. The maximum atomic E-state index is 13.1. The first kappa shape index (κ1) is 18.1. The molecule has 3 rings (SSSR count). The molecule has 2 N–H and O–H groups in total. The zero-order valence-electron chi connectivity index (χ0n) is 12.6. The number of halogens is 6. The standard InChI is InChI=1S/C13H7F6N5OS/c1-4-8(9(24-23-4)13(17,18)19)5-2-7(25)22-10(20-5)11-21-6(3-26-11)12(14,15)16/h2-3H,1H3,(H,23,24)(H,20,22,25). The third-order valence-corrected chi connectivity index (χ3v) is 4.06. The molecule has 26 heavy (non-hydrogen) atoms. The van der Waals surface area contributed by atoms with Crippen LogP contribution in [0.2, 0.25) is 0 Å². The van der Waals surface area contributed by atoms with Gasteiger partial charge < -0.3 is 4.98 Å². The highest BCUT2D eigenvalue weighted by Gasteiger charge is 2.38. The third-order valence-electron chi connectivity index (χ3n) is 3.21. The van der Waals surface area contributed by atoms with Gasteiger partial charge in [-0.05, 0) is 6.92 Å². The van der Waals surface area contributed by atoms with Crippen molar-refractivity contribution in [1.82, 2.24) is 25.1 Å². The van der Waals surface area contributed by atoms with E-state index in [1.807, 2.05) is 0 Å². The van der Waals surface area contributed by atoms with Gasteiger partial charge in [0.2, 0.25) is 0 Å². The van der Waals surface area contributed by atoms with E-state index in [9.17, 15) is 31.1 Å². The summed E-state index contributed by atoms with van der Waals surface area (Å²) < 4.78 is 77.2. The fourth-order valence-corrected chi connectivity index (χ4v) is 2.92. The molecular weight excluding hydrogens is 388 g/mol. The highest BCUT2D eigenvalue weighted by Crippen LogP contribution is 2.37. The second kappa shape index (κ2) is 5.93. The van der Waals surface area contributed by atoms with Gasteiger partial charge in [0, 0.05) is 17.1 Å². The smallest absolute Gasteiger partial charge is 0.304 e. The van der Waals surface area contributed by atoms with Gasteiger partial charge in [-0.3, -0.25) is 9.89 Å². The Bertz CT molecular complexity index is 1020. The van der Waals surface area contributed by atoms with E-state index in [1.165, 1.54) is 6.92 Å². The fraction of sp³-hybridized carbons (Fsp3) is 0.231. The number of H-pyrrole nitrogens is 2. The average molecular weight is 395 g/mol. The van der Waals surface area contributed by atoms with Gasteiger partial charge in [0.15, 0.2) is 22.2 Å². The van der Waals surface area contributed by atoms with Gasteiger partial charge in [0.05, 0.1) is 11.3 Å². The molecule has 0 saturated heterocycles. The van der Waals surface area contributed by atoms with Crippen molar-refractivity contribution in [1.29, 1.82) is 0 Å². The Balaban J connectivity index is 2.15. The van der Waals surface area contributed by atoms with E-state index in [0.717, 1.165) is 6.07 Å². The normalized spacial score (nSPS) is 12.6. The van der Waals surface area contributed by atoms with E-state index < -0.39 is 34.9 Å². The Morgan fingerprint density at radius 3 is 2.35 bits per heavy atom. The largest absolute Gasteiger partial charge is 0.435 e. The van der Waals surface area contributed by atoms with Crippen LogP contribution < -0.4 is 5.56 Å². The second-order valence-electron chi connectivity index (χ2n) is 5.08. The molecule has 0 radical (unpaired) electrons. The Labute approximate surface area is 143 Å². The van der Waals surface area contributed by atoms with Crippen LogP contribution in [0.1, 0.15) is 17.1 Å². The number of alkyl halides is 6. The van der Waals surface area contributed by atoms with Crippen LogP contribution in [0.5, 0.6) is 0 Å². The maximum Gasteiger partial charge on any atom is 0.435 e. The van der Waals surface area contributed by atoms with E-state index in [1.54, 1.807) is 0 Å². The number of aryl methyl sites for hydroxylation is 1. The van der Waals surface area contributed by atoms with Gasteiger partial charge in [-0.1, -0.05) is 0 Å². The minimum Gasteiger partial charge on any atom is -0.304 e.